The van der Waals surface area contributed by atoms with Crippen LogP contribution >= 0.6 is 7.82 Å². The number of nitrogen functional groups attached to an aromatic ring is 1. The van der Waals surface area contributed by atoms with Gasteiger partial charge in [-0.05, 0) is 24.3 Å². The second kappa shape index (κ2) is 11.2. The molecule has 6 rings (SSSR count). The molecule has 0 amide bonds. The van der Waals surface area contributed by atoms with Gasteiger partial charge >= 0.3 is 13.8 Å². The fourth-order valence-corrected chi connectivity index (χ4v) is 5.08. The number of anilines is 1. The van der Waals surface area contributed by atoms with Gasteiger partial charge in [-0.25, -0.2) is 28.7 Å². The smallest absolute Gasteiger partial charge is 0.387 e. The lowest BCUT2D eigenvalue weighted by Crippen LogP contribution is -2.33. The highest BCUT2D eigenvalue weighted by molar-refractivity contribution is 7.48. The number of hydrogen-bond donors (Lipinski definition) is 4. The van der Waals surface area contributed by atoms with E-state index in [0.29, 0.717) is 0 Å². The third kappa shape index (κ3) is 5.60. The Hall–Kier alpha value is -4.64. The number of ether oxygens (including phenoxy) is 1. The number of hydrogen-bond acceptors (Lipinski definition) is 14. The Morgan fingerprint density at radius 2 is 1.93 bits per heavy atom. The number of carbonyl (C=O) groups is 1. The Morgan fingerprint density at radius 3 is 2.74 bits per heavy atom. The molecule has 1 aliphatic heterocycles. The van der Waals surface area contributed by atoms with Crippen molar-refractivity contribution < 1.29 is 47.2 Å². The van der Waals surface area contributed by atoms with Crippen LogP contribution in [0.3, 0.4) is 0 Å². The average Bonchev–Trinajstić information content (AvgIpc) is 3.71. The standard InChI is InChI=1S/C25H21FN7O9P/c26-15-7-2-1-6-14(15)23-31-21(32-41-23)12-4-3-5-13(8-12)25(36)42-43(37,38)39-9-16-18(34)19(35)24(40-16)33-11-30-17-20(27)28-10-29-22(17)33/h1-8,10-11,16,18-19,24,34-35H,9H2,(H,37,38)(H2,27,28,29)/t16-,18-,19-,24-/m0/s1. The maximum Gasteiger partial charge on any atom is 0.529 e. The zero-order chi connectivity index (χ0) is 30.3. The van der Waals surface area contributed by atoms with Crippen LogP contribution in [0.25, 0.3) is 34.0 Å². The maximum absolute atomic E-state index is 14.1. The highest BCUT2D eigenvalue weighted by Crippen LogP contribution is 2.45. The van der Waals surface area contributed by atoms with E-state index in [2.05, 4.69) is 29.6 Å². The summed E-state index contributed by atoms with van der Waals surface area (Å²) in [6, 6.07) is 11.4. The number of halogens is 1. The van der Waals surface area contributed by atoms with Crippen LogP contribution in [0.5, 0.6) is 0 Å². The van der Waals surface area contributed by atoms with E-state index < -0.39 is 50.8 Å². The Bertz CT molecular complexity index is 1870. The monoisotopic (exact) mass is 613 g/mol. The molecule has 1 saturated heterocycles. The molecule has 1 fully saturated rings. The molecule has 5 N–H and O–H groups in total. The molecule has 0 aliphatic carbocycles. The summed E-state index contributed by atoms with van der Waals surface area (Å²) in [7, 11) is -5.04. The number of fused-ring (bicyclic) bond motifs is 1. The molecule has 0 spiro atoms. The number of rotatable bonds is 8. The number of phosphoric acid groups is 1. The van der Waals surface area contributed by atoms with Gasteiger partial charge in [-0.2, -0.15) is 4.98 Å². The lowest BCUT2D eigenvalue weighted by Gasteiger charge is -2.17. The van der Waals surface area contributed by atoms with Gasteiger partial charge in [0, 0.05) is 5.56 Å². The van der Waals surface area contributed by atoms with Crippen molar-refractivity contribution in [3.63, 3.8) is 0 Å². The zero-order valence-corrected chi connectivity index (χ0v) is 22.6. The molecule has 4 heterocycles. The highest BCUT2D eigenvalue weighted by atomic mass is 31.2. The van der Waals surface area contributed by atoms with Crippen LogP contribution in [0.1, 0.15) is 16.6 Å². The first-order valence-electron chi connectivity index (χ1n) is 12.5. The zero-order valence-electron chi connectivity index (χ0n) is 21.7. The van der Waals surface area contributed by atoms with Gasteiger partial charge in [-0.3, -0.25) is 14.0 Å². The second-order valence-electron chi connectivity index (χ2n) is 9.26. The molecular weight excluding hydrogens is 592 g/mol. The summed E-state index contributed by atoms with van der Waals surface area (Å²) in [4.78, 5) is 39.0. The third-order valence-corrected chi connectivity index (χ3v) is 7.36. The number of nitrogens with zero attached hydrogens (tertiary/aromatic N) is 6. The lowest BCUT2D eigenvalue weighted by molar-refractivity contribution is -0.0508. The van der Waals surface area contributed by atoms with Crippen LogP contribution in [-0.4, -0.2) is 75.7 Å². The van der Waals surface area contributed by atoms with E-state index in [0.717, 1.165) is 0 Å². The Balaban J connectivity index is 1.10. The minimum atomic E-state index is -5.04. The van der Waals surface area contributed by atoms with Gasteiger partial charge in [0.1, 0.15) is 36.0 Å². The number of carbonyl (C=O) groups excluding carboxylic acids is 1. The molecule has 1 aliphatic rings. The summed E-state index contributed by atoms with van der Waals surface area (Å²) in [6.07, 6.45) is -3.10. The maximum atomic E-state index is 14.1. The van der Waals surface area contributed by atoms with Crippen LogP contribution in [0.2, 0.25) is 0 Å². The van der Waals surface area contributed by atoms with Gasteiger partial charge in [0.25, 0.3) is 5.89 Å². The summed E-state index contributed by atoms with van der Waals surface area (Å²) < 4.78 is 48.3. The van der Waals surface area contributed by atoms with Crippen LogP contribution < -0.4 is 5.73 Å². The fraction of sp³-hybridized carbons (Fsp3) is 0.200. The van der Waals surface area contributed by atoms with Gasteiger partial charge < -0.3 is 29.7 Å². The predicted molar refractivity (Wildman–Crippen MR) is 142 cm³/mol. The van der Waals surface area contributed by atoms with E-state index in [1.165, 1.54) is 59.7 Å². The summed E-state index contributed by atoms with van der Waals surface area (Å²) in [5.41, 5.74) is 6.44. The van der Waals surface area contributed by atoms with Gasteiger partial charge in [0.2, 0.25) is 5.82 Å². The van der Waals surface area contributed by atoms with Crippen LogP contribution in [0, 0.1) is 5.82 Å². The van der Waals surface area contributed by atoms with Crippen molar-refractivity contribution in [3.05, 3.63) is 72.6 Å². The van der Waals surface area contributed by atoms with Crippen LogP contribution in [0.4, 0.5) is 10.2 Å². The van der Waals surface area contributed by atoms with E-state index >= 15 is 0 Å². The summed E-state index contributed by atoms with van der Waals surface area (Å²) in [6.45, 7) is -0.735. The van der Waals surface area contributed by atoms with Crippen molar-refractivity contribution in [2.24, 2.45) is 0 Å². The first-order chi connectivity index (χ1) is 20.6. The van der Waals surface area contributed by atoms with Crippen molar-refractivity contribution in [2.75, 3.05) is 12.3 Å². The van der Waals surface area contributed by atoms with E-state index in [1.54, 1.807) is 6.07 Å². The molecule has 16 nitrogen and oxygen atoms in total. The molecule has 5 atom stereocenters. The molecule has 222 valence electrons. The Kier molecular flexibility index (Phi) is 7.43. The Labute approximate surface area is 240 Å². The van der Waals surface area contributed by atoms with E-state index in [9.17, 15) is 28.9 Å². The number of nitrogens with two attached hydrogens (primary N) is 1. The normalized spacial score (nSPS) is 21.6. The van der Waals surface area contributed by atoms with Crippen LogP contribution in [-0.2, 0) is 18.3 Å². The third-order valence-electron chi connectivity index (χ3n) is 6.49. The number of benzene rings is 2. The van der Waals surface area contributed by atoms with Crippen molar-refractivity contribution in [2.45, 2.75) is 24.5 Å². The first-order valence-corrected chi connectivity index (χ1v) is 14.0. The van der Waals surface area contributed by atoms with Gasteiger partial charge in [0.15, 0.2) is 17.7 Å². The highest BCUT2D eigenvalue weighted by Gasteiger charge is 2.45. The molecule has 3 aromatic heterocycles. The number of phosphoric ester groups is 1. The summed E-state index contributed by atoms with van der Waals surface area (Å²) >= 11 is 0. The molecular formula is C25H21FN7O9P. The minimum absolute atomic E-state index is 0.0247. The van der Waals surface area contributed by atoms with Crippen molar-refractivity contribution in [1.29, 1.82) is 0 Å². The summed E-state index contributed by atoms with van der Waals surface area (Å²) in [5, 5.41) is 24.8. The van der Waals surface area contributed by atoms with Crippen molar-refractivity contribution in [3.8, 4) is 22.8 Å². The number of aliphatic hydroxyl groups excluding tert-OH is 2. The van der Waals surface area contributed by atoms with E-state index in [4.69, 9.17) is 19.5 Å². The molecule has 43 heavy (non-hydrogen) atoms. The second-order valence-corrected chi connectivity index (χ2v) is 10.6. The van der Waals surface area contributed by atoms with Gasteiger partial charge in [-0.1, -0.05) is 29.4 Å². The number of aliphatic hydroxyl groups is 2. The molecule has 2 aromatic carbocycles. The molecule has 0 saturated carbocycles. The molecule has 18 heteroatoms. The molecule has 0 bridgehead atoms. The van der Waals surface area contributed by atoms with Crippen molar-refractivity contribution in [1.82, 2.24) is 29.7 Å². The Morgan fingerprint density at radius 1 is 1.12 bits per heavy atom. The van der Waals surface area contributed by atoms with Crippen molar-refractivity contribution >= 4 is 30.8 Å². The first kappa shape index (κ1) is 28.5. The quantitative estimate of drug-likeness (QED) is 0.183. The largest absolute Gasteiger partial charge is 0.529 e. The SMILES string of the molecule is Nc1ncnc2c1ncn2[C@H]1O[C@@H](COP(=O)(O)OC(=O)c2cccc(-c3noc(-c4ccccc4F)n3)c2)[C@H](O)[C@@H]1O. The van der Waals surface area contributed by atoms with E-state index in [-0.39, 0.29) is 45.4 Å². The molecule has 0 radical (unpaired) electrons. The van der Waals surface area contributed by atoms with E-state index in [1.807, 2.05) is 0 Å². The number of imidazole rings is 1. The fourth-order valence-electron chi connectivity index (χ4n) is 4.37. The van der Waals surface area contributed by atoms with Crippen LogP contribution in [0.15, 0.2) is 65.7 Å². The van der Waals surface area contributed by atoms with Gasteiger partial charge in [-0.15, -0.1) is 0 Å². The topological polar surface area (TPSA) is 231 Å². The average molecular weight is 613 g/mol. The number of aromatic nitrogens is 6. The molecule has 5 aromatic rings. The minimum Gasteiger partial charge on any atom is -0.387 e. The predicted octanol–water partition coefficient (Wildman–Crippen LogP) is 1.86. The lowest BCUT2D eigenvalue weighted by atomic mass is 10.1. The molecule has 1 unspecified atom stereocenters. The van der Waals surface area contributed by atoms with Gasteiger partial charge in [0.05, 0.1) is 24.1 Å². The summed E-state index contributed by atoms with van der Waals surface area (Å²) in [5.74, 6) is -1.76.